The first-order valence-electron chi connectivity index (χ1n) is 4.82. The van der Waals surface area contributed by atoms with Crippen LogP contribution in [0.4, 0.5) is 5.88 Å². The molecule has 1 aromatic carbocycles. The van der Waals surface area contributed by atoms with Crippen LogP contribution in [0.2, 0.25) is 0 Å². The number of nitrogens with zero attached hydrogens (tertiary/aromatic N) is 2. The van der Waals surface area contributed by atoms with Crippen LogP contribution in [0.5, 0.6) is 0 Å². The zero-order chi connectivity index (χ0) is 11.1. The standard InChI is InChI=1S/C11H9N3OS/c1-6-14-10-7(3-2-4-9(10)16-6)8-5-13-15-11(8)12/h2-5H,12H2,1H3. The van der Waals surface area contributed by atoms with E-state index >= 15 is 0 Å². The van der Waals surface area contributed by atoms with Crippen LogP contribution in [-0.4, -0.2) is 10.1 Å². The molecule has 0 spiro atoms. The number of fused-ring (bicyclic) bond motifs is 1. The van der Waals surface area contributed by atoms with E-state index in [1.54, 1.807) is 17.5 Å². The summed E-state index contributed by atoms with van der Waals surface area (Å²) in [7, 11) is 0. The van der Waals surface area contributed by atoms with Gasteiger partial charge in [-0.25, -0.2) is 4.98 Å². The van der Waals surface area contributed by atoms with Crippen molar-refractivity contribution in [2.45, 2.75) is 6.92 Å². The lowest BCUT2D eigenvalue weighted by Gasteiger charge is -1.98. The molecule has 0 aliphatic carbocycles. The number of hydrogen-bond donors (Lipinski definition) is 1. The van der Waals surface area contributed by atoms with Gasteiger partial charge in [0.25, 0.3) is 0 Å². The third-order valence-electron chi connectivity index (χ3n) is 2.41. The summed E-state index contributed by atoms with van der Waals surface area (Å²) in [5.74, 6) is 0.332. The summed E-state index contributed by atoms with van der Waals surface area (Å²) in [5.41, 5.74) is 8.45. The van der Waals surface area contributed by atoms with Gasteiger partial charge >= 0.3 is 0 Å². The van der Waals surface area contributed by atoms with Gasteiger partial charge in [-0.3, -0.25) is 0 Å². The number of aryl methyl sites for hydroxylation is 1. The largest absolute Gasteiger partial charge is 0.367 e. The maximum absolute atomic E-state index is 5.72. The summed E-state index contributed by atoms with van der Waals surface area (Å²) in [6.45, 7) is 1.99. The minimum absolute atomic E-state index is 0.332. The molecular formula is C11H9N3OS. The molecule has 4 nitrogen and oxygen atoms in total. The molecule has 2 N–H and O–H groups in total. The molecule has 0 unspecified atom stereocenters. The van der Waals surface area contributed by atoms with Crippen molar-refractivity contribution in [3.63, 3.8) is 0 Å². The van der Waals surface area contributed by atoms with Gasteiger partial charge in [-0.05, 0) is 13.0 Å². The first kappa shape index (κ1) is 9.35. The zero-order valence-corrected chi connectivity index (χ0v) is 9.41. The Kier molecular flexibility index (Phi) is 1.94. The fourth-order valence-electron chi connectivity index (χ4n) is 1.73. The first-order chi connectivity index (χ1) is 7.75. The third-order valence-corrected chi connectivity index (χ3v) is 3.35. The molecule has 0 bridgehead atoms. The number of hydrogen-bond acceptors (Lipinski definition) is 5. The van der Waals surface area contributed by atoms with Crippen molar-refractivity contribution in [2.75, 3.05) is 5.73 Å². The Morgan fingerprint density at radius 3 is 2.94 bits per heavy atom. The van der Waals surface area contributed by atoms with Crippen molar-refractivity contribution < 1.29 is 4.52 Å². The number of rotatable bonds is 1. The van der Waals surface area contributed by atoms with Gasteiger partial charge in [0.05, 0.1) is 27.0 Å². The number of para-hydroxylation sites is 1. The van der Waals surface area contributed by atoms with Gasteiger partial charge in [0.1, 0.15) is 0 Å². The highest BCUT2D eigenvalue weighted by molar-refractivity contribution is 7.18. The second-order valence-electron chi connectivity index (χ2n) is 3.49. The molecule has 2 heterocycles. The molecule has 0 fully saturated rings. The Morgan fingerprint density at radius 2 is 2.19 bits per heavy atom. The predicted octanol–water partition coefficient (Wildman–Crippen LogP) is 2.84. The van der Waals surface area contributed by atoms with Gasteiger partial charge in [0.2, 0.25) is 5.88 Å². The molecule has 0 aliphatic heterocycles. The summed E-state index contributed by atoms with van der Waals surface area (Å²) < 4.78 is 6.03. The number of nitrogen functional groups attached to an aromatic ring is 1. The van der Waals surface area contributed by atoms with Crippen molar-refractivity contribution in [1.82, 2.24) is 10.1 Å². The van der Waals surface area contributed by atoms with E-state index in [-0.39, 0.29) is 0 Å². The van der Waals surface area contributed by atoms with Crippen molar-refractivity contribution >= 4 is 27.4 Å². The van der Waals surface area contributed by atoms with Crippen LogP contribution in [-0.2, 0) is 0 Å². The smallest absolute Gasteiger partial charge is 0.230 e. The molecule has 5 heteroatoms. The Morgan fingerprint density at radius 1 is 1.31 bits per heavy atom. The van der Waals surface area contributed by atoms with Crippen LogP contribution in [0.1, 0.15) is 5.01 Å². The highest BCUT2D eigenvalue weighted by Gasteiger charge is 2.12. The molecule has 0 radical (unpaired) electrons. The Bertz CT molecular complexity index is 656. The minimum Gasteiger partial charge on any atom is -0.367 e. The predicted molar refractivity (Wildman–Crippen MR) is 64.3 cm³/mol. The maximum Gasteiger partial charge on any atom is 0.230 e. The van der Waals surface area contributed by atoms with Crippen LogP contribution < -0.4 is 5.73 Å². The van der Waals surface area contributed by atoms with Crippen molar-refractivity contribution in [2.24, 2.45) is 0 Å². The van der Waals surface area contributed by atoms with Gasteiger partial charge in [0, 0.05) is 5.56 Å². The van der Waals surface area contributed by atoms with E-state index in [0.29, 0.717) is 5.88 Å². The van der Waals surface area contributed by atoms with E-state index in [1.165, 1.54) is 0 Å². The highest BCUT2D eigenvalue weighted by atomic mass is 32.1. The lowest BCUT2D eigenvalue weighted by Crippen LogP contribution is -1.85. The molecule has 80 valence electrons. The van der Waals surface area contributed by atoms with Gasteiger partial charge in [-0.2, -0.15) is 0 Å². The van der Waals surface area contributed by atoms with Crippen LogP contribution in [0, 0.1) is 6.92 Å². The molecule has 0 amide bonds. The summed E-state index contributed by atoms with van der Waals surface area (Å²) in [6.07, 6.45) is 1.62. The highest BCUT2D eigenvalue weighted by Crippen LogP contribution is 2.33. The van der Waals surface area contributed by atoms with Gasteiger partial charge < -0.3 is 10.3 Å². The topological polar surface area (TPSA) is 64.9 Å². The first-order valence-corrected chi connectivity index (χ1v) is 5.64. The Balaban J connectivity index is 2.35. The van der Waals surface area contributed by atoms with Crippen molar-refractivity contribution in [1.29, 1.82) is 0 Å². The van der Waals surface area contributed by atoms with E-state index in [1.807, 2.05) is 25.1 Å². The summed E-state index contributed by atoms with van der Waals surface area (Å²) in [5, 5.41) is 4.73. The van der Waals surface area contributed by atoms with E-state index < -0.39 is 0 Å². The number of benzene rings is 1. The number of aromatic nitrogens is 2. The Hall–Kier alpha value is -1.88. The van der Waals surface area contributed by atoms with Gasteiger partial charge in [-0.1, -0.05) is 17.3 Å². The van der Waals surface area contributed by atoms with Crippen molar-refractivity contribution in [3.05, 3.63) is 29.4 Å². The second kappa shape index (κ2) is 3.31. The van der Waals surface area contributed by atoms with Crippen LogP contribution in [0.3, 0.4) is 0 Å². The quantitative estimate of drug-likeness (QED) is 0.699. The molecular weight excluding hydrogens is 222 g/mol. The molecule has 0 atom stereocenters. The van der Waals surface area contributed by atoms with Gasteiger partial charge in [-0.15, -0.1) is 11.3 Å². The summed E-state index contributed by atoms with van der Waals surface area (Å²) in [4.78, 5) is 4.50. The lowest BCUT2D eigenvalue weighted by atomic mass is 10.1. The summed E-state index contributed by atoms with van der Waals surface area (Å²) in [6, 6.07) is 6.01. The third kappa shape index (κ3) is 1.29. The van der Waals surface area contributed by atoms with Crippen LogP contribution in [0.25, 0.3) is 21.3 Å². The molecule has 3 rings (SSSR count). The average Bonchev–Trinajstić information content (AvgIpc) is 2.82. The van der Waals surface area contributed by atoms with Crippen molar-refractivity contribution in [3.8, 4) is 11.1 Å². The van der Waals surface area contributed by atoms with E-state index in [2.05, 4.69) is 10.1 Å². The zero-order valence-electron chi connectivity index (χ0n) is 8.60. The SMILES string of the molecule is Cc1nc2c(-c3cnoc3N)cccc2s1. The average molecular weight is 231 g/mol. The maximum atomic E-state index is 5.72. The molecule has 2 aromatic heterocycles. The molecule has 0 saturated heterocycles. The van der Waals surface area contributed by atoms with Crippen LogP contribution >= 0.6 is 11.3 Å². The fraction of sp³-hybridized carbons (Fsp3) is 0.0909. The number of nitrogens with two attached hydrogens (primary N) is 1. The fourth-order valence-corrected chi connectivity index (χ4v) is 2.58. The number of anilines is 1. The minimum atomic E-state index is 0.332. The normalized spacial score (nSPS) is 11.1. The van der Waals surface area contributed by atoms with E-state index in [9.17, 15) is 0 Å². The molecule has 0 aliphatic rings. The summed E-state index contributed by atoms with van der Waals surface area (Å²) >= 11 is 1.67. The molecule has 0 saturated carbocycles. The lowest BCUT2D eigenvalue weighted by molar-refractivity contribution is 0.436. The number of thiazole rings is 1. The monoisotopic (exact) mass is 231 g/mol. The van der Waals surface area contributed by atoms with Crippen LogP contribution in [0.15, 0.2) is 28.9 Å². The Labute approximate surface area is 95.7 Å². The molecule has 3 aromatic rings. The van der Waals surface area contributed by atoms with Gasteiger partial charge in [0.15, 0.2) is 0 Å². The van der Waals surface area contributed by atoms with E-state index in [4.69, 9.17) is 10.3 Å². The second-order valence-corrected chi connectivity index (χ2v) is 4.72. The van der Waals surface area contributed by atoms with E-state index in [0.717, 1.165) is 26.4 Å². The molecule has 16 heavy (non-hydrogen) atoms.